The first-order chi connectivity index (χ1) is 10.4. The van der Waals surface area contributed by atoms with Gasteiger partial charge >= 0.3 is 0 Å². The molecular formula is C12H26Fe3O13. The second-order valence-corrected chi connectivity index (χ2v) is 3.11. The van der Waals surface area contributed by atoms with Crippen LogP contribution in [-0.4, -0.2) is 71.9 Å². The van der Waals surface area contributed by atoms with Crippen molar-refractivity contribution in [1.82, 2.24) is 0 Å². The summed E-state index contributed by atoms with van der Waals surface area (Å²) in [7, 11) is 0. The summed E-state index contributed by atoms with van der Waals surface area (Å²) < 4.78 is 0. The second kappa shape index (κ2) is 56.2. The predicted molar refractivity (Wildman–Crippen MR) is 83.5 cm³/mol. The van der Waals surface area contributed by atoms with Crippen LogP contribution < -0.4 is 0 Å². The van der Waals surface area contributed by atoms with Crippen LogP contribution in [0, 0.1) is 0 Å². The van der Waals surface area contributed by atoms with Gasteiger partial charge in [-0.15, -0.1) is 0 Å². The van der Waals surface area contributed by atoms with Gasteiger partial charge in [-0.1, -0.05) is 0 Å². The Labute approximate surface area is 193 Å². The van der Waals surface area contributed by atoms with E-state index >= 15 is 0 Å². The van der Waals surface area contributed by atoms with Crippen molar-refractivity contribution < 1.29 is 116 Å². The van der Waals surface area contributed by atoms with E-state index in [0.717, 1.165) is 41.5 Å². The van der Waals surface area contributed by atoms with E-state index in [2.05, 4.69) is 0 Å². The molecule has 0 unspecified atom stereocenters. The van der Waals surface area contributed by atoms with Crippen LogP contribution in [0.5, 0.6) is 0 Å². The molecule has 0 saturated heterocycles. The fraction of sp³-hybridized carbons (Fsp3) is 0.500. The minimum atomic E-state index is -0.833. The summed E-state index contributed by atoms with van der Waals surface area (Å²) in [5.41, 5.74) is 0. The molecule has 0 saturated carbocycles. The van der Waals surface area contributed by atoms with Gasteiger partial charge < -0.3 is 36.1 Å². The normalized spacial score (nSPS) is 5.36. The average Bonchev–Trinajstić information content (AvgIpc) is 2.08. The summed E-state index contributed by atoms with van der Waals surface area (Å²) in [4.78, 5) is 54.0. The molecule has 0 heterocycles. The molecule has 0 radical (unpaired) electrons. The molecule has 0 fully saturated rings. The Balaban J connectivity index is -0.0000000169. The quantitative estimate of drug-likeness (QED) is 0.215. The standard InChI is InChI=1S/6C2H4O2.3Fe.H2O/c6*1-2(3)4;;;;/h6*1H3,(H,3,4);;;;1H2. The number of carbonyl (C=O) groups is 6. The maximum absolute atomic E-state index is 9.00. The van der Waals surface area contributed by atoms with Crippen molar-refractivity contribution in [3.63, 3.8) is 0 Å². The second-order valence-electron chi connectivity index (χ2n) is 3.11. The number of carboxylic acid groups (broad SMARTS) is 6. The van der Waals surface area contributed by atoms with E-state index in [1.165, 1.54) is 0 Å². The fourth-order valence-electron chi connectivity index (χ4n) is 0. The SMILES string of the molecule is CC(=O)O.CC(=O)O.CC(=O)O.CC(=O)O.CC(=O)O.CC(=O)O.O.[Fe].[Fe].[Fe]. The van der Waals surface area contributed by atoms with E-state index in [-0.39, 0.29) is 56.7 Å². The number of carboxylic acids is 6. The number of rotatable bonds is 0. The number of hydrogen-bond donors (Lipinski definition) is 6. The van der Waals surface area contributed by atoms with E-state index in [1.54, 1.807) is 0 Å². The van der Waals surface area contributed by atoms with E-state index in [1.807, 2.05) is 0 Å². The van der Waals surface area contributed by atoms with Gasteiger partial charge in [-0.05, 0) is 0 Å². The predicted octanol–water partition coefficient (Wildman–Crippen LogP) is -0.287. The third-order valence-corrected chi connectivity index (χ3v) is 0. The van der Waals surface area contributed by atoms with Crippen LogP contribution in [0.25, 0.3) is 0 Å². The molecule has 0 rings (SSSR count). The minimum Gasteiger partial charge on any atom is -0.481 e. The van der Waals surface area contributed by atoms with Gasteiger partial charge in [0.2, 0.25) is 0 Å². The van der Waals surface area contributed by atoms with Crippen molar-refractivity contribution >= 4 is 35.8 Å². The first-order valence-corrected chi connectivity index (χ1v) is 5.57. The first-order valence-electron chi connectivity index (χ1n) is 5.57. The summed E-state index contributed by atoms with van der Waals surface area (Å²) in [6.07, 6.45) is 0. The van der Waals surface area contributed by atoms with Crippen molar-refractivity contribution in [3.05, 3.63) is 0 Å². The minimum absolute atomic E-state index is 0. The Hall–Kier alpha value is -1.66. The largest absolute Gasteiger partial charge is 0.481 e. The molecule has 28 heavy (non-hydrogen) atoms. The number of aliphatic carboxylic acids is 6. The van der Waals surface area contributed by atoms with Gasteiger partial charge in [0.05, 0.1) is 0 Å². The van der Waals surface area contributed by atoms with Crippen LogP contribution in [0.2, 0.25) is 0 Å². The van der Waals surface area contributed by atoms with Crippen LogP contribution in [0.1, 0.15) is 41.5 Å². The molecule has 176 valence electrons. The van der Waals surface area contributed by atoms with E-state index < -0.39 is 35.8 Å². The van der Waals surface area contributed by atoms with Gasteiger partial charge in [0, 0.05) is 92.7 Å². The van der Waals surface area contributed by atoms with E-state index in [9.17, 15) is 0 Å². The molecule has 0 aromatic carbocycles. The summed E-state index contributed by atoms with van der Waals surface area (Å²) in [5, 5.41) is 44.5. The van der Waals surface area contributed by atoms with E-state index in [4.69, 9.17) is 59.4 Å². The summed E-state index contributed by atoms with van der Waals surface area (Å²) in [6.45, 7) is 6.50. The Kier molecular flexibility index (Phi) is 127. The third kappa shape index (κ3) is 4800. The molecule has 0 spiro atoms. The van der Waals surface area contributed by atoms with Gasteiger partial charge in [-0.25, -0.2) is 0 Å². The van der Waals surface area contributed by atoms with Crippen molar-refractivity contribution in [2.24, 2.45) is 0 Å². The van der Waals surface area contributed by atoms with Crippen molar-refractivity contribution in [2.75, 3.05) is 0 Å². The van der Waals surface area contributed by atoms with Gasteiger partial charge in [0.25, 0.3) is 35.8 Å². The molecular weight excluding hydrogens is 520 g/mol. The molecule has 0 amide bonds. The van der Waals surface area contributed by atoms with Crippen LogP contribution in [0.15, 0.2) is 0 Å². The summed E-state index contributed by atoms with van der Waals surface area (Å²) in [6, 6.07) is 0. The van der Waals surface area contributed by atoms with Crippen molar-refractivity contribution in [2.45, 2.75) is 41.5 Å². The zero-order valence-corrected chi connectivity index (χ0v) is 19.0. The van der Waals surface area contributed by atoms with E-state index in [0.29, 0.717) is 0 Å². The molecule has 0 aliphatic heterocycles. The monoisotopic (exact) mass is 546 g/mol. The first kappa shape index (κ1) is 63.3. The van der Waals surface area contributed by atoms with Crippen LogP contribution in [-0.2, 0) is 80.0 Å². The number of hydrogen-bond acceptors (Lipinski definition) is 6. The molecule has 0 aliphatic carbocycles. The molecule has 8 N–H and O–H groups in total. The maximum Gasteiger partial charge on any atom is 0.300 e. The van der Waals surface area contributed by atoms with Gasteiger partial charge in [0.1, 0.15) is 0 Å². The van der Waals surface area contributed by atoms with Crippen LogP contribution in [0.3, 0.4) is 0 Å². The third-order valence-electron chi connectivity index (χ3n) is 0. The van der Waals surface area contributed by atoms with Gasteiger partial charge in [0.15, 0.2) is 0 Å². The average molecular weight is 546 g/mol. The molecule has 0 atom stereocenters. The van der Waals surface area contributed by atoms with Gasteiger partial charge in [-0.3, -0.25) is 28.8 Å². The molecule has 0 aromatic heterocycles. The maximum atomic E-state index is 9.00. The Morgan fingerprint density at radius 1 is 0.357 bits per heavy atom. The van der Waals surface area contributed by atoms with Crippen LogP contribution >= 0.6 is 0 Å². The topological polar surface area (TPSA) is 255 Å². The summed E-state index contributed by atoms with van der Waals surface area (Å²) in [5.74, 6) is -5.00. The zero-order valence-electron chi connectivity index (χ0n) is 15.7. The Morgan fingerprint density at radius 2 is 0.357 bits per heavy atom. The van der Waals surface area contributed by atoms with Crippen LogP contribution in [0.4, 0.5) is 0 Å². The zero-order chi connectivity index (χ0) is 21.5. The summed E-state index contributed by atoms with van der Waals surface area (Å²) >= 11 is 0. The molecule has 0 aromatic rings. The fourth-order valence-corrected chi connectivity index (χ4v) is 0. The van der Waals surface area contributed by atoms with Crippen molar-refractivity contribution in [1.29, 1.82) is 0 Å². The molecule has 0 aliphatic rings. The molecule has 0 bridgehead atoms. The van der Waals surface area contributed by atoms with Crippen molar-refractivity contribution in [3.8, 4) is 0 Å². The molecule has 13 nitrogen and oxygen atoms in total. The van der Waals surface area contributed by atoms with Gasteiger partial charge in [-0.2, -0.15) is 0 Å². The smallest absolute Gasteiger partial charge is 0.300 e. The Bertz CT molecular complexity index is 270. The molecule has 16 heteroatoms. The Morgan fingerprint density at radius 3 is 0.357 bits per heavy atom.